The van der Waals surface area contributed by atoms with Crippen molar-refractivity contribution in [3.8, 4) is 5.69 Å². The van der Waals surface area contributed by atoms with E-state index in [0.29, 0.717) is 23.4 Å². The standard InChI is InChI=1S/C25H25ClN4O2/c26-19-10-7-18(8-11-19)23(31)29-25(13-3-4-14-25)24(32)28-20-12-9-17-5-1-2-6-21(17)30-16-15-27-22(20)30/h1-2,5-8,10-11,15-16,20H,3-4,9,12-14H2,(H,28,32)(H,29,31). The summed E-state index contributed by atoms with van der Waals surface area (Å²) in [6, 6.07) is 14.7. The first-order valence-electron chi connectivity index (χ1n) is 11.1. The van der Waals surface area contributed by atoms with Gasteiger partial charge in [0.05, 0.1) is 6.04 Å². The van der Waals surface area contributed by atoms with E-state index in [2.05, 4.69) is 32.3 Å². The largest absolute Gasteiger partial charge is 0.344 e. The SMILES string of the molecule is O=C(NC1(C(=O)NC2CCc3ccccc3-n3ccnc32)CCCC1)c1ccc(Cl)cc1. The van der Waals surface area contributed by atoms with Crippen LogP contribution in [0.25, 0.3) is 5.69 Å². The molecule has 0 saturated heterocycles. The van der Waals surface area contributed by atoms with Gasteiger partial charge in [-0.05, 0) is 61.6 Å². The molecule has 2 heterocycles. The molecule has 164 valence electrons. The maximum absolute atomic E-state index is 13.6. The van der Waals surface area contributed by atoms with Crippen LogP contribution in [0.3, 0.4) is 0 Å². The van der Waals surface area contributed by atoms with Crippen molar-refractivity contribution in [3.05, 3.63) is 82.9 Å². The Hall–Kier alpha value is -3.12. The third-order valence-corrected chi connectivity index (χ3v) is 6.84. The average Bonchev–Trinajstić information content (AvgIpc) is 3.45. The lowest BCUT2D eigenvalue weighted by atomic mass is 9.94. The van der Waals surface area contributed by atoms with Crippen LogP contribution in [-0.4, -0.2) is 26.9 Å². The van der Waals surface area contributed by atoms with Gasteiger partial charge in [0.2, 0.25) is 5.91 Å². The van der Waals surface area contributed by atoms with Crippen molar-refractivity contribution in [3.63, 3.8) is 0 Å². The van der Waals surface area contributed by atoms with Gasteiger partial charge in [0.25, 0.3) is 5.91 Å². The predicted molar refractivity (Wildman–Crippen MR) is 123 cm³/mol. The van der Waals surface area contributed by atoms with Gasteiger partial charge in [0, 0.05) is 28.7 Å². The van der Waals surface area contributed by atoms with Gasteiger partial charge in [-0.1, -0.05) is 42.6 Å². The van der Waals surface area contributed by atoms with E-state index in [4.69, 9.17) is 11.6 Å². The van der Waals surface area contributed by atoms with Gasteiger partial charge < -0.3 is 15.2 Å². The number of imidazole rings is 1. The summed E-state index contributed by atoms with van der Waals surface area (Å²) < 4.78 is 2.06. The molecule has 1 aromatic heterocycles. The van der Waals surface area contributed by atoms with Gasteiger partial charge in [0.15, 0.2) is 0 Å². The summed E-state index contributed by atoms with van der Waals surface area (Å²) in [5, 5.41) is 6.84. The second-order valence-electron chi connectivity index (χ2n) is 8.60. The number of benzene rings is 2. The number of aryl methyl sites for hydroxylation is 1. The number of aromatic nitrogens is 2. The van der Waals surface area contributed by atoms with Crippen molar-refractivity contribution >= 4 is 23.4 Å². The molecule has 32 heavy (non-hydrogen) atoms. The Bertz CT molecular complexity index is 1150. The number of nitrogens with zero attached hydrogens (tertiary/aromatic N) is 2. The Morgan fingerprint density at radius 3 is 2.59 bits per heavy atom. The molecule has 1 unspecified atom stereocenters. The van der Waals surface area contributed by atoms with Gasteiger partial charge in [-0.3, -0.25) is 9.59 Å². The highest BCUT2D eigenvalue weighted by Crippen LogP contribution is 2.33. The van der Waals surface area contributed by atoms with Crippen LogP contribution in [0, 0.1) is 0 Å². The lowest BCUT2D eigenvalue weighted by Crippen LogP contribution is -2.57. The molecule has 1 aliphatic carbocycles. The van der Waals surface area contributed by atoms with Crippen molar-refractivity contribution < 1.29 is 9.59 Å². The first-order valence-corrected chi connectivity index (χ1v) is 11.4. The smallest absolute Gasteiger partial charge is 0.252 e. The lowest BCUT2D eigenvalue weighted by Gasteiger charge is -2.31. The van der Waals surface area contributed by atoms with Crippen molar-refractivity contribution in [2.24, 2.45) is 0 Å². The number of fused-ring (bicyclic) bond motifs is 3. The number of carbonyl (C=O) groups is 2. The Morgan fingerprint density at radius 2 is 1.81 bits per heavy atom. The van der Waals surface area contributed by atoms with Crippen LogP contribution in [0.4, 0.5) is 0 Å². The Labute approximate surface area is 192 Å². The maximum atomic E-state index is 13.6. The zero-order valence-electron chi connectivity index (χ0n) is 17.7. The summed E-state index contributed by atoms with van der Waals surface area (Å²) in [6.07, 6.45) is 8.35. The molecule has 0 bridgehead atoms. The minimum Gasteiger partial charge on any atom is -0.344 e. The zero-order chi connectivity index (χ0) is 22.1. The van der Waals surface area contributed by atoms with Gasteiger partial charge in [0.1, 0.15) is 11.4 Å². The molecule has 2 aromatic carbocycles. The van der Waals surface area contributed by atoms with E-state index in [0.717, 1.165) is 37.2 Å². The fourth-order valence-electron chi connectivity index (χ4n) is 4.87. The molecule has 2 N–H and O–H groups in total. The third kappa shape index (κ3) is 3.79. The summed E-state index contributed by atoms with van der Waals surface area (Å²) in [4.78, 5) is 31.1. The van der Waals surface area contributed by atoms with Gasteiger partial charge in [-0.15, -0.1) is 0 Å². The molecule has 2 amide bonds. The van der Waals surface area contributed by atoms with E-state index in [1.54, 1.807) is 30.5 Å². The van der Waals surface area contributed by atoms with Crippen LogP contribution in [0.1, 0.15) is 59.9 Å². The number of halogens is 1. The Balaban J connectivity index is 1.38. The van der Waals surface area contributed by atoms with Crippen LogP contribution >= 0.6 is 11.6 Å². The third-order valence-electron chi connectivity index (χ3n) is 6.59. The number of amides is 2. The fraction of sp³-hybridized carbons (Fsp3) is 0.320. The van der Waals surface area contributed by atoms with Gasteiger partial charge >= 0.3 is 0 Å². The van der Waals surface area contributed by atoms with Crippen LogP contribution in [0.15, 0.2) is 60.9 Å². The summed E-state index contributed by atoms with van der Waals surface area (Å²) in [7, 11) is 0. The van der Waals surface area contributed by atoms with Crippen LogP contribution < -0.4 is 10.6 Å². The topological polar surface area (TPSA) is 76.0 Å². The van der Waals surface area contributed by atoms with E-state index in [1.165, 1.54) is 5.56 Å². The van der Waals surface area contributed by atoms with Crippen LogP contribution in [0.5, 0.6) is 0 Å². The minimum atomic E-state index is -0.909. The maximum Gasteiger partial charge on any atom is 0.252 e. The monoisotopic (exact) mass is 448 g/mol. The summed E-state index contributed by atoms with van der Waals surface area (Å²) in [5.41, 5.74) is 1.92. The molecule has 1 fully saturated rings. The zero-order valence-corrected chi connectivity index (χ0v) is 18.4. The van der Waals surface area contributed by atoms with Gasteiger partial charge in [-0.25, -0.2) is 4.98 Å². The molecular formula is C25H25ClN4O2. The van der Waals surface area contributed by atoms with Crippen LogP contribution in [0.2, 0.25) is 5.02 Å². The van der Waals surface area contributed by atoms with E-state index >= 15 is 0 Å². The molecule has 5 rings (SSSR count). The Morgan fingerprint density at radius 1 is 1.06 bits per heavy atom. The number of nitrogens with one attached hydrogen (secondary N) is 2. The van der Waals surface area contributed by atoms with E-state index < -0.39 is 5.54 Å². The summed E-state index contributed by atoms with van der Waals surface area (Å²) in [6.45, 7) is 0. The molecule has 1 atom stereocenters. The number of hydrogen-bond acceptors (Lipinski definition) is 3. The van der Waals surface area contributed by atoms with Crippen molar-refractivity contribution in [2.75, 3.05) is 0 Å². The first-order chi connectivity index (χ1) is 15.6. The molecule has 1 aliphatic heterocycles. The minimum absolute atomic E-state index is 0.136. The Kier molecular flexibility index (Phi) is 5.47. The number of carbonyl (C=O) groups excluding carboxylic acids is 2. The average molecular weight is 449 g/mol. The number of rotatable bonds is 4. The molecule has 7 heteroatoms. The summed E-state index contributed by atoms with van der Waals surface area (Å²) in [5.74, 6) is 0.428. The van der Waals surface area contributed by atoms with Crippen molar-refractivity contribution in [2.45, 2.75) is 50.1 Å². The fourth-order valence-corrected chi connectivity index (χ4v) is 5.00. The second kappa shape index (κ2) is 8.43. The molecule has 0 radical (unpaired) electrons. The highest BCUT2D eigenvalue weighted by molar-refractivity contribution is 6.30. The molecular weight excluding hydrogens is 424 g/mol. The molecule has 6 nitrogen and oxygen atoms in total. The van der Waals surface area contributed by atoms with Gasteiger partial charge in [-0.2, -0.15) is 0 Å². The van der Waals surface area contributed by atoms with E-state index in [9.17, 15) is 9.59 Å². The molecule has 0 spiro atoms. The normalized spacial score (nSPS) is 18.8. The highest BCUT2D eigenvalue weighted by Gasteiger charge is 2.43. The van der Waals surface area contributed by atoms with Crippen molar-refractivity contribution in [1.82, 2.24) is 20.2 Å². The molecule has 3 aromatic rings. The van der Waals surface area contributed by atoms with E-state index in [1.807, 2.05) is 18.3 Å². The predicted octanol–water partition coefficient (Wildman–Crippen LogP) is 4.37. The van der Waals surface area contributed by atoms with E-state index in [-0.39, 0.29) is 17.9 Å². The summed E-state index contributed by atoms with van der Waals surface area (Å²) >= 11 is 5.95. The van der Waals surface area contributed by atoms with Crippen molar-refractivity contribution in [1.29, 1.82) is 0 Å². The van der Waals surface area contributed by atoms with Crippen LogP contribution in [-0.2, 0) is 11.2 Å². The molecule has 2 aliphatic rings. The lowest BCUT2D eigenvalue weighted by molar-refractivity contribution is -0.128. The second-order valence-corrected chi connectivity index (χ2v) is 9.04. The number of para-hydroxylation sites is 1. The quantitative estimate of drug-likeness (QED) is 0.622. The first kappa shape index (κ1) is 20.8. The highest BCUT2D eigenvalue weighted by atomic mass is 35.5. The number of hydrogen-bond donors (Lipinski definition) is 2. The molecule has 1 saturated carbocycles.